The van der Waals surface area contributed by atoms with Crippen LogP contribution < -0.4 is 5.32 Å². The lowest BCUT2D eigenvalue weighted by Gasteiger charge is -2.38. The van der Waals surface area contributed by atoms with Gasteiger partial charge in [0.25, 0.3) is 5.91 Å². The summed E-state index contributed by atoms with van der Waals surface area (Å²) in [5, 5.41) is 14.7. The number of aryl methyl sites for hydroxylation is 1. The molecule has 8 heteroatoms. The minimum atomic E-state index is -0.432. The number of carbonyl (C=O) groups excluding carboxylic acids is 2. The van der Waals surface area contributed by atoms with Gasteiger partial charge < -0.3 is 14.7 Å². The molecule has 2 amide bonds. The number of hydrogen-bond donors (Lipinski definition) is 2. The van der Waals surface area contributed by atoms with E-state index in [4.69, 9.17) is 4.74 Å². The van der Waals surface area contributed by atoms with E-state index in [0.717, 1.165) is 5.56 Å². The molecule has 0 unspecified atom stereocenters. The minimum absolute atomic E-state index is 0.00844. The number of carbonyl (C=O) groups is 2. The predicted molar refractivity (Wildman–Crippen MR) is 103 cm³/mol. The number of nitrogens with one attached hydrogen (secondary N) is 1. The molecule has 1 fully saturated rings. The Balaban J connectivity index is 1.62. The van der Waals surface area contributed by atoms with Gasteiger partial charge in [-0.3, -0.25) is 14.9 Å². The number of benzene rings is 1. The van der Waals surface area contributed by atoms with E-state index < -0.39 is 5.91 Å². The summed E-state index contributed by atoms with van der Waals surface area (Å²) in [5.41, 5.74) is 1.33. The Morgan fingerprint density at radius 1 is 1.41 bits per heavy atom. The molecule has 1 aromatic heterocycles. The maximum atomic E-state index is 12.5. The molecule has 0 spiro atoms. The van der Waals surface area contributed by atoms with Gasteiger partial charge in [-0.15, -0.1) is 11.3 Å². The monoisotopic (exact) mass is 389 g/mol. The van der Waals surface area contributed by atoms with Crippen LogP contribution >= 0.6 is 11.3 Å². The lowest BCUT2D eigenvalue weighted by molar-refractivity contribution is -0.145. The Bertz CT molecular complexity index is 862. The standard InChI is InChI=1S/C19H23N3O4S/c1-12-4-5-15(23)14(8-12)17(25)21-18-20-13(10-27-18)9-16(24)22-6-7-26-19(2,3)11-22/h4-5,8,10,23H,6-7,9,11H2,1-3H3,(H,20,21,25). The van der Waals surface area contributed by atoms with Crippen LogP contribution in [0, 0.1) is 6.92 Å². The molecular formula is C19H23N3O4S. The van der Waals surface area contributed by atoms with Crippen LogP contribution in [0.5, 0.6) is 5.75 Å². The normalized spacial score (nSPS) is 16.2. The van der Waals surface area contributed by atoms with Gasteiger partial charge in [0.2, 0.25) is 5.91 Å². The van der Waals surface area contributed by atoms with Crippen molar-refractivity contribution in [1.29, 1.82) is 0 Å². The van der Waals surface area contributed by atoms with Crippen molar-refractivity contribution in [2.45, 2.75) is 32.8 Å². The molecule has 0 atom stereocenters. The lowest BCUT2D eigenvalue weighted by atomic mass is 10.1. The summed E-state index contributed by atoms with van der Waals surface area (Å²) in [7, 11) is 0. The van der Waals surface area contributed by atoms with Crippen LogP contribution in [0.1, 0.15) is 35.5 Å². The van der Waals surface area contributed by atoms with E-state index in [1.54, 1.807) is 22.4 Å². The van der Waals surface area contributed by atoms with E-state index >= 15 is 0 Å². The van der Waals surface area contributed by atoms with Crippen LogP contribution in [0.2, 0.25) is 0 Å². The number of amides is 2. The van der Waals surface area contributed by atoms with Gasteiger partial charge in [-0.25, -0.2) is 4.98 Å². The topological polar surface area (TPSA) is 91.8 Å². The van der Waals surface area contributed by atoms with Crippen LogP contribution in [-0.4, -0.2) is 52.1 Å². The Morgan fingerprint density at radius 2 is 2.19 bits per heavy atom. The molecule has 1 aliphatic heterocycles. The van der Waals surface area contributed by atoms with E-state index in [2.05, 4.69) is 10.3 Å². The van der Waals surface area contributed by atoms with Crippen LogP contribution in [0.3, 0.4) is 0 Å². The van der Waals surface area contributed by atoms with E-state index in [0.29, 0.717) is 30.5 Å². The van der Waals surface area contributed by atoms with Crippen molar-refractivity contribution in [3.8, 4) is 5.75 Å². The first-order chi connectivity index (χ1) is 12.7. The molecule has 2 N–H and O–H groups in total. The van der Waals surface area contributed by atoms with Crippen LogP contribution in [-0.2, 0) is 16.0 Å². The average Bonchev–Trinajstić information content (AvgIpc) is 3.02. The van der Waals surface area contributed by atoms with Gasteiger partial charge in [0.15, 0.2) is 5.13 Å². The number of ether oxygens (including phenoxy) is 1. The number of thiazole rings is 1. The molecule has 144 valence electrons. The molecule has 0 aliphatic carbocycles. The van der Waals surface area contributed by atoms with Crippen LogP contribution in [0.25, 0.3) is 0 Å². The van der Waals surface area contributed by atoms with Gasteiger partial charge in [0, 0.05) is 18.5 Å². The fourth-order valence-electron chi connectivity index (χ4n) is 2.94. The first kappa shape index (κ1) is 19.3. The van der Waals surface area contributed by atoms with Crippen molar-refractivity contribution in [2.24, 2.45) is 0 Å². The number of rotatable bonds is 4. The van der Waals surface area contributed by atoms with E-state index in [9.17, 15) is 14.7 Å². The zero-order valence-corrected chi connectivity index (χ0v) is 16.4. The van der Waals surface area contributed by atoms with Crippen molar-refractivity contribution in [1.82, 2.24) is 9.88 Å². The van der Waals surface area contributed by atoms with Gasteiger partial charge >= 0.3 is 0 Å². The second kappa shape index (κ2) is 7.66. The fraction of sp³-hybridized carbons (Fsp3) is 0.421. The van der Waals surface area contributed by atoms with Gasteiger partial charge in [-0.05, 0) is 32.9 Å². The van der Waals surface area contributed by atoms with Crippen molar-refractivity contribution >= 4 is 28.3 Å². The summed E-state index contributed by atoms with van der Waals surface area (Å²) in [4.78, 5) is 31.0. The summed E-state index contributed by atoms with van der Waals surface area (Å²) < 4.78 is 5.63. The van der Waals surface area contributed by atoms with Crippen LogP contribution in [0.15, 0.2) is 23.6 Å². The molecule has 2 aromatic rings. The quantitative estimate of drug-likeness (QED) is 0.839. The Hall–Kier alpha value is -2.45. The molecule has 3 rings (SSSR count). The second-order valence-electron chi connectivity index (χ2n) is 7.22. The molecule has 7 nitrogen and oxygen atoms in total. The molecule has 1 aromatic carbocycles. The smallest absolute Gasteiger partial charge is 0.261 e. The molecule has 0 saturated carbocycles. The molecule has 1 saturated heterocycles. The fourth-order valence-corrected chi connectivity index (χ4v) is 3.64. The molecular weight excluding hydrogens is 366 g/mol. The number of hydrogen-bond acceptors (Lipinski definition) is 6. The highest BCUT2D eigenvalue weighted by atomic mass is 32.1. The lowest BCUT2D eigenvalue weighted by Crippen LogP contribution is -2.51. The summed E-state index contributed by atoms with van der Waals surface area (Å²) in [5.74, 6) is -0.524. The number of phenolic OH excluding ortho intramolecular Hbond substituents is 1. The molecule has 27 heavy (non-hydrogen) atoms. The van der Waals surface area contributed by atoms with Gasteiger partial charge in [0.1, 0.15) is 5.75 Å². The Kier molecular flexibility index (Phi) is 5.48. The number of phenols is 1. The largest absolute Gasteiger partial charge is 0.507 e. The summed E-state index contributed by atoms with van der Waals surface area (Å²) in [6, 6.07) is 4.83. The van der Waals surface area contributed by atoms with Gasteiger partial charge in [-0.2, -0.15) is 0 Å². The number of anilines is 1. The van der Waals surface area contributed by atoms with E-state index in [-0.39, 0.29) is 29.2 Å². The first-order valence-electron chi connectivity index (χ1n) is 8.71. The minimum Gasteiger partial charge on any atom is -0.507 e. The SMILES string of the molecule is Cc1ccc(O)c(C(=O)Nc2nc(CC(=O)N3CCOC(C)(C)C3)cs2)c1. The third kappa shape index (κ3) is 4.84. The number of aromatic nitrogens is 1. The summed E-state index contributed by atoms with van der Waals surface area (Å²) in [6.07, 6.45) is 0.179. The third-order valence-electron chi connectivity index (χ3n) is 4.28. The summed E-state index contributed by atoms with van der Waals surface area (Å²) >= 11 is 1.25. The van der Waals surface area contributed by atoms with E-state index in [1.165, 1.54) is 17.4 Å². The number of morpholine rings is 1. The van der Waals surface area contributed by atoms with Crippen LogP contribution in [0.4, 0.5) is 5.13 Å². The zero-order valence-electron chi connectivity index (χ0n) is 15.6. The van der Waals surface area contributed by atoms with E-state index in [1.807, 2.05) is 20.8 Å². The third-order valence-corrected chi connectivity index (χ3v) is 5.09. The summed E-state index contributed by atoms with van der Waals surface area (Å²) in [6.45, 7) is 7.41. The van der Waals surface area contributed by atoms with Crippen molar-refractivity contribution < 1.29 is 19.4 Å². The number of nitrogens with zero attached hydrogens (tertiary/aromatic N) is 2. The molecule has 0 radical (unpaired) electrons. The van der Waals surface area contributed by atoms with Gasteiger partial charge in [0.05, 0.1) is 29.9 Å². The maximum Gasteiger partial charge on any atom is 0.261 e. The Morgan fingerprint density at radius 3 is 2.93 bits per heavy atom. The number of aromatic hydroxyl groups is 1. The predicted octanol–water partition coefficient (Wildman–Crippen LogP) is 2.59. The Labute approximate surface area is 162 Å². The first-order valence-corrected chi connectivity index (χ1v) is 9.58. The molecule has 1 aliphatic rings. The highest BCUT2D eigenvalue weighted by Gasteiger charge is 2.30. The molecule has 0 bridgehead atoms. The second-order valence-corrected chi connectivity index (χ2v) is 8.08. The molecule has 2 heterocycles. The van der Waals surface area contributed by atoms with Crippen molar-refractivity contribution in [3.63, 3.8) is 0 Å². The average molecular weight is 389 g/mol. The van der Waals surface area contributed by atoms with Crippen molar-refractivity contribution in [2.75, 3.05) is 25.0 Å². The highest BCUT2D eigenvalue weighted by Crippen LogP contribution is 2.23. The highest BCUT2D eigenvalue weighted by molar-refractivity contribution is 7.14. The van der Waals surface area contributed by atoms with Crippen molar-refractivity contribution in [3.05, 3.63) is 40.4 Å². The zero-order chi connectivity index (χ0) is 19.6. The maximum absolute atomic E-state index is 12.5. The van der Waals surface area contributed by atoms with Gasteiger partial charge in [-0.1, -0.05) is 11.6 Å².